The number of rotatable bonds is 4. The Balaban J connectivity index is 2.22. The summed E-state index contributed by atoms with van der Waals surface area (Å²) in [6.45, 7) is 3.76. The van der Waals surface area contributed by atoms with Crippen LogP contribution in [0.25, 0.3) is 0 Å². The van der Waals surface area contributed by atoms with Crippen molar-refractivity contribution in [2.45, 2.75) is 32.4 Å². The molecule has 2 heterocycles. The molecule has 106 valence electrons. The van der Waals surface area contributed by atoms with Gasteiger partial charge in [0.05, 0.1) is 12.2 Å². The summed E-state index contributed by atoms with van der Waals surface area (Å²) >= 11 is 4.86. The van der Waals surface area contributed by atoms with E-state index in [-0.39, 0.29) is 23.5 Å². The van der Waals surface area contributed by atoms with Crippen molar-refractivity contribution < 1.29 is 9.59 Å². The highest BCUT2D eigenvalue weighted by molar-refractivity contribution is 7.80. The lowest BCUT2D eigenvalue weighted by atomic mass is 9.99. The molecular formula is C13H16N4O2S. The van der Waals surface area contributed by atoms with Crippen molar-refractivity contribution in [3.05, 3.63) is 29.6 Å². The van der Waals surface area contributed by atoms with Gasteiger partial charge in [0.15, 0.2) is 0 Å². The first-order chi connectivity index (χ1) is 9.37. The maximum absolute atomic E-state index is 12.3. The minimum absolute atomic E-state index is 0.179. The molecular weight excluding hydrogens is 276 g/mol. The van der Waals surface area contributed by atoms with Crippen molar-refractivity contribution >= 4 is 29.1 Å². The van der Waals surface area contributed by atoms with Crippen molar-refractivity contribution in [3.8, 4) is 0 Å². The van der Waals surface area contributed by atoms with Gasteiger partial charge < -0.3 is 11.1 Å². The van der Waals surface area contributed by atoms with Gasteiger partial charge in [0, 0.05) is 6.20 Å². The van der Waals surface area contributed by atoms with Crippen LogP contribution in [0, 0.1) is 0 Å². The van der Waals surface area contributed by atoms with Gasteiger partial charge in [-0.25, -0.2) is 4.79 Å². The number of nitrogens with one attached hydrogen (secondary N) is 1. The van der Waals surface area contributed by atoms with Gasteiger partial charge in [-0.1, -0.05) is 19.1 Å². The smallest absolute Gasteiger partial charge is 0.325 e. The third-order valence-corrected chi connectivity index (χ3v) is 3.68. The fourth-order valence-electron chi connectivity index (χ4n) is 2.02. The van der Waals surface area contributed by atoms with Crippen LogP contribution in [0.2, 0.25) is 0 Å². The highest BCUT2D eigenvalue weighted by Crippen LogP contribution is 2.22. The van der Waals surface area contributed by atoms with Gasteiger partial charge in [-0.15, -0.1) is 0 Å². The summed E-state index contributed by atoms with van der Waals surface area (Å²) in [6.07, 6.45) is 2.10. The Morgan fingerprint density at radius 1 is 1.55 bits per heavy atom. The summed E-state index contributed by atoms with van der Waals surface area (Å²) in [5.74, 6) is -0.223. The number of urea groups is 1. The molecule has 2 rings (SSSR count). The van der Waals surface area contributed by atoms with Crippen LogP contribution >= 0.6 is 12.2 Å². The molecule has 0 bridgehead atoms. The molecule has 0 spiro atoms. The molecule has 20 heavy (non-hydrogen) atoms. The van der Waals surface area contributed by atoms with E-state index in [1.807, 2.05) is 6.92 Å². The third kappa shape index (κ3) is 2.49. The summed E-state index contributed by atoms with van der Waals surface area (Å²) < 4.78 is 0. The van der Waals surface area contributed by atoms with Crippen molar-refractivity contribution in [3.63, 3.8) is 0 Å². The van der Waals surface area contributed by atoms with Crippen LogP contribution in [0.3, 0.4) is 0 Å². The number of hydrogen-bond donors (Lipinski definition) is 2. The zero-order valence-electron chi connectivity index (χ0n) is 11.3. The Morgan fingerprint density at radius 3 is 2.80 bits per heavy atom. The van der Waals surface area contributed by atoms with Gasteiger partial charge in [0.2, 0.25) is 0 Å². The maximum atomic E-state index is 12.3. The number of pyridine rings is 1. The lowest BCUT2D eigenvalue weighted by Crippen LogP contribution is -2.43. The molecule has 1 aromatic rings. The summed E-state index contributed by atoms with van der Waals surface area (Å²) in [6, 6.07) is 3.03. The average Bonchev–Trinajstić information content (AvgIpc) is 2.63. The maximum Gasteiger partial charge on any atom is 0.325 e. The van der Waals surface area contributed by atoms with E-state index in [1.165, 1.54) is 4.90 Å². The van der Waals surface area contributed by atoms with Gasteiger partial charge in [0.1, 0.15) is 10.5 Å². The Bertz CT molecular complexity index is 589. The topological polar surface area (TPSA) is 88.3 Å². The Kier molecular flexibility index (Phi) is 3.71. The zero-order chi connectivity index (χ0) is 14.9. The molecule has 3 N–H and O–H groups in total. The monoisotopic (exact) mass is 292 g/mol. The molecule has 0 aromatic carbocycles. The van der Waals surface area contributed by atoms with E-state index in [9.17, 15) is 9.59 Å². The summed E-state index contributed by atoms with van der Waals surface area (Å²) in [4.78, 5) is 29.6. The minimum Gasteiger partial charge on any atom is -0.388 e. The molecule has 6 nitrogen and oxygen atoms in total. The molecule has 7 heteroatoms. The minimum atomic E-state index is -0.823. The first-order valence-corrected chi connectivity index (χ1v) is 6.67. The van der Waals surface area contributed by atoms with Crippen molar-refractivity contribution in [2.24, 2.45) is 5.73 Å². The number of thiocarbonyl (C=S) groups is 1. The van der Waals surface area contributed by atoms with E-state index < -0.39 is 5.54 Å². The summed E-state index contributed by atoms with van der Waals surface area (Å²) in [7, 11) is 0. The molecule has 1 unspecified atom stereocenters. The van der Waals surface area contributed by atoms with Crippen molar-refractivity contribution in [1.82, 2.24) is 15.2 Å². The first kappa shape index (κ1) is 14.4. The largest absolute Gasteiger partial charge is 0.388 e. The second kappa shape index (κ2) is 5.16. The number of hydrogen-bond acceptors (Lipinski definition) is 4. The van der Waals surface area contributed by atoms with Gasteiger partial charge >= 0.3 is 6.03 Å². The van der Waals surface area contributed by atoms with E-state index in [1.54, 1.807) is 25.3 Å². The standard InChI is InChI=1S/C13H16N4O2S/c1-3-13(2)11(18)17(12(19)16-13)7-8-4-5-15-9(6-8)10(14)20/h4-6H,3,7H2,1-2H3,(H2,14,20)(H,16,19). The Labute approximate surface area is 122 Å². The fourth-order valence-corrected chi connectivity index (χ4v) is 2.13. The van der Waals surface area contributed by atoms with Crippen LogP contribution in [0.1, 0.15) is 31.5 Å². The van der Waals surface area contributed by atoms with E-state index >= 15 is 0 Å². The highest BCUT2D eigenvalue weighted by Gasteiger charge is 2.46. The third-order valence-electron chi connectivity index (χ3n) is 3.47. The number of aromatic nitrogens is 1. The van der Waals surface area contributed by atoms with Gasteiger partial charge in [0.25, 0.3) is 5.91 Å². The molecule has 0 aliphatic carbocycles. The number of nitrogens with two attached hydrogens (primary N) is 1. The van der Waals surface area contributed by atoms with E-state index in [0.717, 1.165) is 5.56 Å². The lowest BCUT2D eigenvalue weighted by molar-refractivity contribution is -0.131. The zero-order valence-corrected chi connectivity index (χ0v) is 12.2. The van der Waals surface area contributed by atoms with E-state index in [4.69, 9.17) is 18.0 Å². The van der Waals surface area contributed by atoms with E-state index in [0.29, 0.717) is 12.1 Å². The molecule has 1 aliphatic rings. The van der Waals surface area contributed by atoms with E-state index in [2.05, 4.69) is 10.3 Å². The average molecular weight is 292 g/mol. The van der Waals surface area contributed by atoms with Crippen LogP contribution in [0.4, 0.5) is 4.79 Å². The lowest BCUT2D eigenvalue weighted by Gasteiger charge is -2.19. The van der Waals surface area contributed by atoms with Crippen molar-refractivity contribution in [1.29, 1.82) is 0 Å². The second-order valence-electron chi connectivity index (χ2n) is 4.92. The normalized spacial score (nSPS) is 22.0. The van der Waals surface area contributed by atoms with Crippen molar-refractivity contribution in [2.75, 3.05) is 0 Å². The first-order valence-electron chi connectivity index (χ1n) is 6.26. The number of amides is 3. The van der Waals surface area contributed by atoms with Gasteiger partial charge in [-0.05, 0) is 31.0 Å². The molecule has 1 aliphatic heterocycles. The van der Waals surface area contributed by atoms with Crippen LogP contribution in [-0.4, -0.2) is 32.3 Å². The molecule has 0 radical (unpaired) electrons. The highest BCUT2D eigenvalue weighted by atomic mass is 32.1. The second-order valence-corrected chi connectivity index (χ2v) is 5.36. The SMILES string of the molecule is CCC1(C)NC(=O)N(Cc2ccnc(C(N)=S)c2)C1=O. The Morgan fingerprint density at radius 2 is 2.25 bits per heavy atom. The van der Waals surface area contributed by atoms with Gasteiger partial charge in [-0.3, -0.25) is 14.7 Å². The summed E-state index contributed by atoms with van der Waals surface area (Å²) in [5, 5.41) is 2.71. The molecule has 3 amide bonds. The molecule has 0 saturated carbocycles. The summed E-state index contributed by atoms with van der Waals surface area (Å²) in [5.41, 5.74) is 5.93. The van der Waals surface area contributed by atoms with Gasteiger partial charge in [-0.2, -0.15) is 0 Å². The molecule has 1 saturated heterocycles. The quantitative estimate of drug-likeness (QED) is 0.637. The number of nitrogens with zero attached hydrogens (tertiary/aromatic N) is 2. The predicted molar refractivity (Wildman–Crippen MR) is 77.9 cm³/mol. The number of carbonyl (C=O) groups is 2. The fraction of sp³-hybridized carbons (Fsp3) is 0.385. The molecule has 1 aromatic heterocycles. The van der Waals surface area contributed by atoms with Crippen LogP contribution in [0.5, 0.6) is 0 Å². The number of imide groups is 1. The van der Waals surface area contributed by atoms with Crippen LogP contribution < -0.4 is 11.1 Å². The Hall–Kier alpha value is -2.02. The van der Waals surface area contributed by atoms with Crippen LogP contribution in [0.15, 0.2) is 18.3 Å². The predicted octanol–water partition coefficient (Wildman–Crippen LogP) is 0.936. The van der Waals surface area contributed by atoms with Crippen LogP contribution in [-0.2, 0) is 11.3 Å². The number of carbonyl (C=O) groups excluding carboxylic acids is 2. The molecule has 1 atom stereocenters. The molecule has 1 fully saturated rings.